The number of anilines is 1. The van der Waals surface area contributed by atoms with E-state index in [1.807, 2.05) is 32.0 Å². The van der Waals surface area contributed by atoms with E-state index in [-0.39, 0.29) is 30.4 Å². The highest BCUT2D eigenvalue weighted by atomic mass is 32.2. The summed E-state index contributed by atoms with van der Waals surface area (Å²) in [5, 5.41) is 0. The van der Waals surface area contributed by atoms with Crippen LogP contribution in [0.2, 0.25) is 0 Å². The summed E-state index contributed by atoms with van der Waals surface area (Å²) in [4.78, 5) is 26.3. The molecule has 2 N–H and O–H groups in total. The third kappa shape index (κ3) is 5.60. The molecule has 2 aromatic carbocycles. The highest BCUT2D eigenvalue weighted by Gasteiger charge is 2.17. The Kier molecular flexibility index (Phi) is 6.58. The zero-order valence-electron chi connectivity index (χ0n) is 14.3. The van der Waals surface area contributed by atoms with Gasteiger partial charge in [-0.15, -0.1) is 11.8 Å². The van der Waals surface area contributed by atoms with Crippen molar-refractivity contribution in [2.45, 2.75) is 25.2 Å². The van der Waals surface area contributed by atoms with Gasteiger partial charge in [0.05, 0.1) is 5.75 Å². The molecule has 0 atom stereocenters. The van der Waals surface area contributed by atoms with Gasteiger partial charge in [-0.1, -0.05) is 17.7 Å². The maximum absolute atomic E-state index is 13.1. The molecule has 0 heterocycles. The number of hydrogen-bond acceptors (Lipinski definition) is 3. The molecule has 6 heteroatoms. The van der Waals surface area contributed by atoms with Crippen molar-refractivity contribution >= 4 is 29.3 Å². The van der Waals surface area contributed by atoms with Gasteiger partial charge < -0.3 is 10.6 Å². The molecule has 4 nitrogen and oxygen atoms in total. The lowest BCUT2D eigenvalue weighted by Gasteiger charge is -2.22. The van der Waals surface area contributed by atoms with E-state index in [2.05, 4.69) is 0 Å². The maximum atomic E-state index is 13.1. The number of thioether (sulfide) groups is 1. The van der Waals surface area contributed by atoms with E-state index in [1.54, 1.807) is 0 Å². The van der Waals surface area contributed by atoms with Gasteiger partial charge in [0.25, 0.3) is 0 Å². The van der Waals surface area contributed by atoms with Crippen LogP contribution in [0.4, 0.5) is 10.1 Å². The zero-order valence-corrected chi connectivity index (χ0v) is 15.1. The minimum atomic E-state index is -0.484. The standard InChI is InChI=1S/C19H21FN2O2S/c1-13-3-4-14(2)17(11-13)25-12-19(24)22(10-9-18(21)23)16-7-5-15(20)6-8-16/h3-8,11H,9-10,12H2,1-2H3,(H2,21,23). The first-order valence-electron chi connectivity index (χ1n) is 7.91. The predicted octanol–water partition coefficient (Wildman–Crippen LogP) is 3.44. The largest absolute Gasteiger partial charge is 0.370 e. The van der Waals surface area contributed by atoms with E-state index in [4.69, 9.17) is 5.73 Å². The highest BCUT2D eigenvalue weighted by molar-refractivity contribution is 8.00. The number of carbonyl (C=O) groups excluding carboxylic acids is 2. The number of nitrogens with two attached hydrogens (primary N) is 1. The molecular formula is C19H21FN2O2S. The zero-order chi connectivity index (χ0) is 18.4. The Bertz CT molecular complexity index is 763. The van der Waals surface area contributed by atoms with Gasteiger partial charge in [0, 0.05) is 23.5 Å². The highest BCUT2D eigenvalue weighted by Crippen LogP contribution is 2.25. The quantitative estimate of drug-likeness (QED) is 0.769. The monoisotopic (exact) mass is 360 g/mol. The van der Waals surface area contributed by atoms with Crippen molar-refractivity contribution in [3.05, 3.63) is 59.4 Å². The number of carbonyl (C=O) groups is 2. The molecule has 0 saturated heterocycles. The average molecular weight is 360 g/mol. The van der Waals surface area contributed by atoms with Gasteiger partial charge in [0.2, 0.25) is 11.8 Å². The number of amides is 2. The maximum Gasteiger partial charge on any atom is 0.237 e. The van der Waals surface area contributed by atoms with Crippen LogP contribution in [-0.4, -0.2) is 24.1 Å². The van der Waals surface area contributed by atoms with Gasteiger partial charge in [-0.2, -0.15) is 0 Å². The number of benzene rings is 2. The van der Waals surface area contributed by atoms with Crippen LogP contribution in [0, 0.1) is 19.7 Å². The molecule has 2 rings (SSSR count). The van der Waals surface area contributed by atoms with Crippen LogP contribution < -0.4 is 10.6 Å². The summed E-state index contributed by atoms with van der Waals surface area (Å²) in [7, 11) is 0. The summed E-state index contributed by atoms with van der Waals surface area (Å²) in [5.74, 6) is -0.794. The van der Waals surface area contributed by atoms with Crippen LogP contribution in [0.25, 0.3) is 0 Å². The first kappa shape index (κ1) is 19.0. The van der Waals surface area contributed by atoms with Crippen LogP contribution in [0.15, 0.2) is 47.4 Å². The van der Waals surface area contributed by atoms with Crippen molar-refractivity contribution < 1.29 is 14.0 Å². The molecular weight excluding hydrogens is 339 g/mol. The van der Waals surface area contributed by atoms with Gasteiger partial charge in [0.1, 0.15) is 5.82 Å². The van der Waals surface area contributed by atoms with Gasteiger partial charge in [0.15, 0.2) is 0 Å². The third-order valence-corrected chi connectivity index (χ3v) is 4.86. The van der Waals surface area contributed by atoms with Crippen molar-refractivity contribution in [1.82, 2.24) is 0 Å². The van der Waals surface area contributed by atoms with Crippen molar-refractivity contribution in [2.24, 2.45) is 5.73 Å². The summed E-state index contributed by atoms with van der Waals surface area (Å²) in [6.45, 7) is 4.17. The van der Waals surface area contributed by atoms with E-state index in [0.717, 1.165) is 16.0 Å². The molecule has 25 heavy (non-hydrogen) atoms. The molecule has 0 aliphatic heterocycles. The minimum absolute atomic E-state index is 0.0528. The van der Waals surface area contributed by atoms with Gasteiger partial charge in [-0.05, 0) is 49.7 Å². The molecule has 0 aromatic heterocycles. The number of nitrogens with zero attached hydrogens (tertiary/aromatic N) is 1. The number of halogens is 1. The number of hydrogen-bond donors (Lipinski definition) is 1. The molecule has 0 radical (unpaired) electrons. The Morgan fingerprint density at radius 2 is 1.80 bits per heavy atom. The first-order valence-corrected chi connectivity index (χ1v) is 8.89. The predicted molar refractivity (Wildman–Crippen MR) is 99.2 cm³/mol. The Hall–Kier alpha value is -2.34. The van der Waals surface area contributed by atoms with E-state index in [1.165, 1.54) is 40.9 Å². The van der Waals surface area contributed by atoms with E-state index in [9.17, 15) is 14.0 Å². The molecule has 0 aliphatic rings. The summed E-state index contributed by atoms with van der Waals surface area (Å²) in [6.07, 6.45) is 0.0528. The normalized spacial score (nSPS) is 10.5. The lowest BCUT2D eigenvalue weighted by Crippen LogP contribution is -2.35. The minimum Gasteiger partial charge on any atom is -0.370 e. The smallest absolute Gasteiger partial charge is 0.237 e. The van der Waals surface area contributed by atoms with E-state index in [0.29, 0.717) is 5.69 Å². The topological polar surface area (TPSA) is 63.4 Å². The lowest BCUT2D eigenvalue weighted by molar-refractivity contribution is -0.118. The molecule has 0 fully saturated rings. The second-order valence-corrected chi connectivity index (χ2v) is 6.81. The first-order chi connectivity index (χ1) is 11.9. The van der Waals surface area contributed by atoms with E-state index >= 15 is 0 Å². The second-order valence-electron chi connectivity index (χ2n) is 5.80. The third-order valence-electron chi connectivity index (χ3n) is 3.72. The summed E-state index contributed by atoms with van der Waals surface area (Å²) in [5.41, 5.74) is 7.99. The van der Waals surface area contributed by atoms with Crippen molar-refractivity contribution in [1.29, 1.82) is 0 Å². The Balaban J connectivity index is 2.12. The lowest BCUT2D eigenvalue weighted by atomic mass is 10.2. The Morgan fingerprint density at radius 3 is 2.44 bits per heavy atom. The molecule has 2 amide bonds. The number of rotatable bonds is 7. The fourth-order valence-corrected chi connectivity index (χ4v) is 3.32. The molecule has 0 saturated carbocycles. The molecule has 0 aliphatic carbocycles. The second kappa shape index (κ2) is 8.67. The van der Waals surface area contributed by atoms with Crippen LogP contribution in [-0.2, 0) is 9.59 Å². The van der Waals surface area contributed by atoms with Crippen LogP contribution in [0.1, 0.15) is 17.5 Å². The summed E-state index contributed by atoms with van der Waals surface area (Å²) < 4.78 is 13.1. The van der Waals surface area contributed by atoms with Gasteiger partial charge >= 0.3 is 0 Å². The summed E-state index contributed by atoms with van der Waals surface area (Å²) >= 11 is 1.45. The van der Waals surface area contributed by atoms with Crippen LogP contribution in [0.5, 0.6) is 0 Å². The Labute approximate surface area is 151 Å². The van der Waals surface area contributed by atoms with Crippen molar-refractivity contribution in [2.75, 3.05) is 17.2 Å². The molecule has 0 unspecified atom stereocenters. The number of primary amides is 1. The Morgan fingerprint density at radius 1 is 1.12 bits per heavy atom. The van der Waals surface area contributed by atoms with Crippen LogP contribution in [0.3, 0.4) is 0 Å². The molecule has 132 valence electrons. The molecule has 2 aromatic rings. The average Bonchev–Trinajstić information content (AvgIpc) is 2.57. The van der Waals surface area contributed by atoms with Gasteiger partial charge in [-0.3, -0.25) is 9.59 Å². The summed E-state index contributed by atoms with van der Waals surface area (Å²) in [6, 6.07) is 11.7. The fourth-order valence-electron chi connectivity index (χ4n) is 2.32. The van der Waals surface area contributed by atoms with E-state index < -0.39 is 5.91 Å². The fraction of sp³-hybridized carbons (Fsp3) is 0.263. The molecule has 0 spiro atoms. The molecule has 0 bridgehead atoms. The van der Waals surface area contributed by atoms with Crippen LogP contribution >= 0.6 is 11.8 Å². The van der Waals surface area contributed by atoms with Crippen molar-refractivity contribution in [3.8, 4) is 0 Å². The van der Waals surface area contributed by atoms with Crippen molar-refractivity contribution in [3.63, 3.8) is 0 Å². The van der Waals surface area contributed by atoms with Gasteiger partial charge in [-0.25, -0.2) is 4.39 Å². The SMILES string of the molecule is Cc1ccc(C)c(SCC(=O)N(CCC(N)=O)c2ccc(F)cc2)c1. The number of aryl methyl sites for hydroxylation is 2.